The van der Waals surface area contributed by atoms with Crippen molar-refractivity contribution in [3.8, 4) is 0 Å². The predicted molar refractivity (Wildman–Crippen MR) is 71.4 cm³/mol. The van der Waals surface area contributed by atoms with Crippen LogP contribution in [0.15, 0.2) is 24.3 Å². The highest BCUT2D eigenvalue weighted by molar-refractivity contribution is 5.79. The molecule has 1 aromatic carbocycles. The molecule has 0 spiro atoms. The van der Waals surface area contributed by atoms with Gasteiger partial charge in [0.1, 0.15) is 5.60 Å². The number of nitrogens with zero attached hydrogens (tertiary/aromatic N) is 1. The molecule has 0 bridgehead atoms. The van der Waals surface area contributed by atoms with Gasteiger partial charge in [0.05, 0.1) is 5.92 Å². The summed E-state index contributed by atoms with van der Waals surface area (Å²) in [6, 6.07) is 8.13. The number of hydrogen-bond acceptors (Lipinski definition) is 3. The Bertz CT molecular complexity index is 448. The minimum atomic E-state index is -0.429. The van der Waals surface area contributed by atoms with Gasteiger partial charge < -0.3 is 9.64 Å². The monoisotopic (exact) mass is 247 g/mol. The molecule has 1 atom stereocenters. The van der Waals surface area contributed by atoms with Crippen molar-refractivity contribution in [2.24, 2.45) is 0 Å². The van der Waals surface area contributed by atoms with Crippen molar-refractivity contribution in [1.82, 2.24) is 4.90 Å². The summed E-state index contributed by atoms with van der Waals surface area (Å²) in [6.45, 7) is 7.34. The summed E-state index contributed by atoms with van der Waals surface area (Å²) in [5.74, 6) is -0.291. The summed E-state index contributed by atoms with van der Waals surface area (Å²) in [5.41, 5.74) is 1.91. The van der Waals surface area contributed by atoms with Gasteiger partial charge in [-0.3, -0.25) is 4.79 Å². The van der Waals surface area contributed by atoms with E-state index in [2.05, 4.69) is 11.0 Å². The zero-order valence-corrected chi connectivity index (χ0v) is 11.6. The second kappa shape index (κ2) is 4.73. The Morgan fingerprint density at radius 3 is 2.67 bits per heavy atom. The molecule has 0 radical (unpaired) electrons. The summed E-state index contributed by atoms with van der Waals surface area (Å²) in [7, 11) is 2.04. The molecule has 1 heterocycles. The van der Waals surface area contributed by atoms with Crippen LogP contribution in [0.4, 0.5) is 0 Å². The summed E-state index contributed by atoms with van der Waals surface area (Å²) in [4.78, 5) is 14.4. The number of ether oxygens (including phenoxy) is 1. The van der Waals surface area contributed by atoms with Crippen LogP contribution >= 0.6 is 0 Å². The second-order valence-electron chi connectivity index (χ2n) is 5.98. The SMILES string of the molecule is CN1Cc2ccccc2C(C(=O)OC(C)(C)C)C1. The zero-order chi connectivity index (χ0) is 13.3. The van der Waals surface area contributed by atoms with E-state index in [4.69, 9.17) is 4.74 Å². The lowest BCUT2D eigenvalue weighted by molar-refractivity contribution is -0.157. The Morgan fingerprint density at radius 1 is 1.33 bits per heavy atom. The highest BCUT2D eigenvalue weighted by atomic mass is 16.6. The number of fused-ring (bicyclic) bond motifs is 1. The highest BCUT2D eigenvalue weighted by Crippen LogP contribution is 2.29. The van der Waals surface area contributed by atoms with Gasteiger partial charge in [0, 0.05) is 13.1 Å². The summed E-state index contributed by atoms with van der Waals surface area (Å²) in [6.07, 6.45) is 0. The van der Waals surface area contributed by atoms with Crippen LogP contribution in [0.3, 0.4) is 0 Å². The lowest BCUT2D eigenvalue weighted by Gasteiger charge is -2.32. The van der Waals surface area contributed by atoms with Gasteiger partial charge in [-0.25, -0.2) is 0 Å². The van der Waals surface area contributed by atoms with E-state index >= 15 is 0 Å². The Morgan fingerprint density at radius 2 is 2.00 bits per heavy atom. The van der Waals surface area contributed by atoms with Crippen LogP contribution in [-0.4, -0.2) is 30.1 Å². The fourth-order valence-corrected chi connectivity index (χ4v) is 2.36. The second-order valence-corrected chi connectivity index (χ2v) is 5.98. The van der Waals surface area contributed by atoms with E-state index in [0.717, 1.165) is 18.7 Å². The molecule has 0 saturated carbocycles. The van der Waals surface area contributed by atoms with E-state index in [1.807, 2.05) is 46.0 Å². The molecule has 1 aliphatic rings. The van der Waals surface area contributed by atoms with Gasteiger partial charge >= 0.3 is 5.97 Å². The van der Waals surface area contributed by atoms with Gasteiger partial charge in [-0.15, -0.1) is 0 Å². The van der Waals surface area contributed by atoms with Crippen LogP contribution in [-0.2, 0) is 16.1 Å². The van der Waals surface area contributed by atoms with Gasteiger partial charge in [-0.1, -0.05) is 24.3 Å². The molecule has 1 aliphatic heterocycles. The average molecular weight is 247 g/mol. The van der Waals surface area contributed by atoms with Gasteiger partial charge in [-0.2, -0.15) is 0 Å². The molecule has 0 amide bonds. The average Bonchev–Trinajstić information content (AvgIpc) is 2.25. The van der Waals surface area contributed by atoms with Crippen molar-refractivity contribution in [3.63, 3.8) is 0 Å². The van der Waals surface area contributed by atoms with E-state index in [1.165, 1.54) is 5.56 Å². The first-order chi connectivity index (χ1) is 8.37. The first kappa shape index (κ1) is 13.1. The lowest BCUT2D eigenvalue weighted by atomic mass is 9.90. The van der Waals surface area contributed by atoms with Crippen LogP contribution in [0.25, 0.3) is 0 Å². The van der Waals surface area contributed by atoms with Gasteiger partial charge in [0.25, 0.3) is 0 Å². The Balaban J connectivity index is 2.26. The minimum Gasteiger partial charge on any atom is -0.459 e. The van der Waals surface area contributed by atoms with Crippen LogP contribution in [0.1, 0.15) is 37.8 Å². The molecule has 3 heteroatoms. The highest BCUT2D eigenvalue weighted by Gasteiger charge is 2.32. The maximum atomic E-state index is 12.3. The van der Waals surface area contributed by atoms with E-state index in [-0.39, 0.29) is 11.9 Å². The van der Waals surface area contributed by atoms with Crippen molar-refractivity contribution in [2.75, 3.05) is 13.6 Å². The fourth-order valence-electron chi connectivity index (χ4n) is 2.36. The standard InChI is InChI=1S/C15H21NO2/c1-15(2,3)18-14(17)13-10-16(4)9-11-7-5-6-8-12(11)13/h5-8,13H,9-10H2,1-4H3. The largest absolute Gasteiger partial charge is 0.459 e. The molecule has 1 aromatic rings. The third-order valence-electron chi connectivity index (χ3n) is 3.06. The predicted octanol–water partition coefficient (Wildman–Crippen LogP) is 2.56. The van der Waals surface area contributed by atoms with Crippen LogP contribution in [0, 0.1) is 0 Å². The number of likely N-dealkylation sites (N-methyl/N-ethyl adjacent to an activating group) is 1. The minimum absolute atomic E-state index is 0.124. The normalized spacial score (nSPS) is 20.3. The molecule has 3 nitrogen and oxygen atoms in total. The summed E-state index contributed by atoms with van der Waals surface area (Å²) in [5, 5.41) is 0. The quantitative estimate of drug-likeness (QED) is 0.714. The zero-order valence-electron chi connectivity index (χ0n) is 11.6. The Labute approximate surface area is 109 Å². The Kier molecular flexibility index (Phi) is 3.44. The van der Waals surface area contributed by atoms with Crippen LogP contribution in [0.5, 0.6) is 0 Å². The number of esters is 1. The van der Waals surface area contributed by atoms with E-state index in [1.54, 1.807) is 0 Å². The van der Waals surface area contributed by atoms with E-state index in [0.29, 0.717) is 0 Å². The smallest absolute Gasteiger partial charge is 0.315 e. The molecule has 1 unspecified atom stereocenters. The maximum Gasteiger partial charge on any atom is 0.315 e. The molecule has 98 valence electrons. The maximum absolute atomic E-state index is 12.3. The van der Waals surface area contributed by atoms with Gasteiger partial charge in [0.15, 0.2) is 0 Å². The summed E-state index contributed by atoms with van der Waals surface area (Å²) >= 11 is 0. The van der Waals surface area contributed by atoms with E-state index < -0.39 is 5.60 Å². The number of carbonyl (C=O) groups is 1. The first-order valence-corrected chi connectivity index (χ1v) is 6.36. The third-order valence-corrected chi connectivity index (χ3v) is 3.06. The van der Waals surface area contributed by atoms with Crippen molar-refractivity contribution in [1.29, 1.82) is 0 Å². The van der Waals surface area contributed by atoms with E-state index in [9.17, 15) is 4.79 Å². The number of carbonyl (C=O) groups excluding carboxylic acids is 1. The topological polar surface area (TPSA) is 29.5 Å². The van der Waals surface area contributed by atoms with Crippen molar-refractivity contribution in [3.05, 3.63) is 35.4 Å². The number of hydrogen-bond donors (Lipinski definition) is 0. The molecule has 0 aromatic heterocycles. The molecule has 0 N–H and O–H groups in total. The van der Waals surface area contributed by atoms with Crippen molar-refractivity contribution >= 4 is 5.97 Å². The van der Waals surface area contributed by atoms with Crippen LogP contribution < -0.4 is 0 Å². The van der Waals surface area contributed by atoms with Gasteiger partial charge in [0.2, 0.25) is 0 Å². The third kappa shape index (κ3) is 2.91. The number of benzene rings is 1. The molecule has 18 heavy (non-hydrogen) atoms. The van der Waals surface area contributed by atoms with Crippen molar-refractivity contribution in [2.45, 2.75) is 38.8 Å². The van der Waals surface area contributed by atoms with Crippen molar-refractivity contribution < 1.29 is 9.53 Å². The van der Waals surface area contributed by atoms with Crippen LogP contribution in [0.2, 0.25) is 0 Å². The summed E-state index contributed by atoms with van der Waals surface area (Å²) < 4.78 is 5.52. The molecule has 0 fully saturated rings. The number of rotatable bonds is 1. The lowest BCUT2D eigenvalue weighted by Crippen LogP contribution is -2.37. The molecule has 0 saturated heterocycles. The molecular formula is C15H21NO2. The molecule has 2 rings (SSSR count). The fraction of sp³-hybridized carbons (Fsp3) is 0.533. The first-order valence-electron chi connectivity index (χ1n) is 6.36. The Hall–Kier alpha value is -1.35. The van der Waals surface area contributed by atoms with Gasteiger partial charge in [-0.05, 0) is 38.9 Å². The molecular weight excluding hydrogens is 226 g/mol. The molecule has 0 aliphatic carbocycles.